The van der Waals surface area contributed by atoms with Crippen LogP contribution in [0.3, 0.4) is 0 Å². The first-order valence-electron chi connectivity index (χ1n) is 8.61. The molecule has 0 saturated carbocycles. The van der Waals surface area contributed by atoms with Gasteiger partial charge in [-0.2, -0.15) is 0 Å². The third-order valence-electron chi connectivity index (χ3n) is 5.64. The van der Waals surface area contributed by atoms with Gasteiger partial charge in [0.05, 0.1) is 18.3 Å². The van der Waals surface area contributed by atoms with Crippen molar-refractivity contribution in [3.8, 4) is 5.75 Å². The van der Waals surface area contributed by atoms with E-state index in [9.17, 15) is 0 Å². The second-order valence-electron chi connectivity index (χ2n) is 7.14. The third kappa shape index (κ3) is 2.85. The molecule has 4 nitrogen and oxygen atoms in total. The van der Waals surface area contributed by atoms with E-state index in [2.05, 4.69) is 53.0 Å². The topological polar surface area (TPSA) is 28.6 Å². The molecule has 1 aromatic carbocycles. The molecule has 1 aromatic heterocycles. The lowest BCUT2D eigenvalue weighted by Gasteiger charge is -2.27. The molecule has 2 saturated heterocycles. The summed E-state index contributed by atoms with van der Waals surface area (Å²) in [4.78, 5) is 11.0. The molecule has 2 aromatic rings. The minimum absolute atomic E-state index is 0.522. The molecule has 0 aliphatic carbocycles. The molecule has 0 N–H and O–H groups in total. The molecular weight excluding hydrogens is 318 g/mol. The zero-order valence-electron chi connectivity index (χ0n) is 14.6. The molecule has 3 atom stereocenters. The van der Waals surface area contributed by atoms with E-state index in [1.165, 1.54) is 35.8 Å². The highest BCUT2D eigenvalue weighted by atomic mass is 32.1. The van der Waals surface area contributed by atoms with Crippen molar-refractivity contribution in [3.63, 3.8) is 0 Å². The number of hydrogen-bond donors (Lipinski definition) is 0. The van der Waals surface area contributed by atoms with Gasteiger partial charge >= 0.3 is 0 Å². The number of fused-ring (bicyclic) bond motifs is 1. The van der Waals surface area contributed by atoms with E-state index in [0.717, 1.165) is 24.1 Å². The first kappa shape index (κ1) is 16.1. The minimum atomic E-state index is 0.522. The highest BCUT2D eigenvalue weighted by Crippen LogP contribution is 2.44. The van der Waals surface area contributed by atoms with Crippen LogP contribution < -0.4 is 4.74 Å². The molecule has 4 rings (SSSR count). The summed E-state index contributed by atoms with van der Waals surface area (Å²) in [6.45, 7) is 6.76. The summed E-state index contributed by atoms with van der Waals surface area (Å²) < 4.78 is 5.31. The summed E-state index contributed by atoms with van der Waals surface area (Å²) in [6, 6.07) is 9.17. The molecule has 24 heavy (non-hydrogen) atoms. The number of hydrogen-bond acceptors (Lipinski definition) is 5. The smallest absolute Gasteiger partial charge is 0.118 e. The standard InChI is InChI=1S/C19H25N3OS/c1-13-18(24-12-20-13)11-22-9-15-8-21(2)19(17(15)10-22)14-4-6-16(23-3)7-5-14/h4-7,12,15,17,19H,8-11H2,1-3H3/t15-,17+,19-/m0/s1. The van der Waals surface area contributed by atoms with Crippen LogP contribution in [0.2, 0.25) is 0 Å². The molecule has 2 fully saturated rings. The van der Waals surface area contributed by atoms with E-state index in [0.29, 0.717) is 6.04 Å². The van der Waals surface area contributed by atoms with Crippen LogP contribution in [0.1, 0.15) is 22.2 Å². The van der Waals surface area contributed by atoms with Gasteiger partial charge in [0.25, 0.3) is 0 Å². The average Bonchev–Trinajstić information content (AvgIpc) is 3.23. The zero-order valence-corrected chi connectivity index (χ0v) is 15.4. The Labute approximate surface area is 148 Å². The minimum Gasteiger partial charge on any atom is -0.497 e. The molecule has 0 unspecified atom stereocenters. The number of likely N-dealkylation sites (tertiary alicyclic amines) is 2. The quantitative estimate of drug-likeness (QED) is 0.852. The van der Waals surface area contributed by atoms with Crippen molar-refractivity contribution in [2.24, 2.45) is 11.8 Å². The Balaban J connectivity index is 1.49. The Hall–Kier alpha value is -1.43. The predicted octanol–water partition coefficient (Wildman–Crippen LogP) is 3.19. The second-order valence-corrected chi connectivity index (χ2v) is 8.08. The van der Waals surface area contributed by atoms with E-state index in [1.807, 2.05) is 5.51 Å². The molecule has 0 radical (unpaired) electrons. The van der Waals surface area contributed by atoms with Gasteiger partial charge in [0, 0.05) is 37.1 Å². The molecular formula is C19H25N3OS. The van der Waals surface area contributed by atoms with E-state index in [4.69, 9.17) is 4.74 Å². The molecule has 0 amide bonds. The lowest BCUT2D eigenvalue weighted by atomic mass is 9.89. The van der Waals surface area contributed by atoms with Gasteiger partial charge in [-0.1, -0.05) is 12.1 Å². The van der Waals surface area contributed by atoms with Gasteiger partial charge in [0.2, 0.25) is 0 Å². The Kier molecular flexibility index (Phi) is 4.33. The van der Waals surface area contributed by atoms with Gasteiger partial charge < -0.3 is 4.74 Å². The number of thiazole rings is 1. The summed E-state index contributed by atoms with van der Waals surface area (Å²) in [6.07, 6.45) is 0. The van der Waals surface area contributed by atoms with Crippen LogP contribution in [-0.4, -0.2) is 48.6 Å². The fourth-order valence-electron chi connectivity index (χ4n) is 4.46. The van der Waals surface area contributed by atoms with Crippen LogP contribution in [-0.2, 0) is 6.54 Å². The summed E-state index contributed by atoms with van der Waals surface area (Å²) in [5.41, 5.74) is 4.58. The zero-order chi connectivity index (χ0) is 16.7. The number of rotatable bonds is 4. The maximum atomic E-state index is 5.31. The maximum Gasteiger partial charge on any atom is 0.118 e. The molecule has 0 spiro atoms. The Bertz CT molecular complexity index is 699. The second kappa shape index (κ2) is 6.47. The normalized spacial score (nSPS) is 27.5. The maximum absolute atomic E-state index is 5.31. The highest BCUT2D eigenvalue weighted by Gasteiger charge is 2.45. The lowest BCUT2D eigenvalue weighted by molar-refractivity contribution is 0.225. The molecule has 2 aliphatic heterocycles. The van der Waals surface area contributed by atoms with Crippen LogP contribution in [0.25, 0.3) is 0 Å². The number of nitrogens with zero attached hydrogens (tertiary/aromatic N) is 3. The van der Waals surface area contributed by atoms with Crippen molar-refractivity contribution in [1.29, 1.82) is 0 Å². The lowest BCUT2D eigenvalue weighted by Crippen LogP contribution is -2.28. The number of methoxy groups -OCH3 is 1. The Morgan fingerprint density at radius 2 is 2.00 bits per heavy atom. The SMILES string of the molecule is COc1ccc([C@H]2[C@@H]3CN(Cc4scnc4C)C[C@@H]3CN2C)cc1. The third-order valence-corrected chi connectivity index (χ3v) is 6.56. The fraction of sp³-hybridized carbons (Fsp3) is 0.526. The Morgan fingerprint density at radius 3 is 2.67 bits per heavy atom. The van der Waals surface area contributed by atoms with Gasteiger partial charge in [0.1, 0.15) is 5.75 Å². The van der Waals surface area contributed by atoms with Gasteiger partial charge in [-0.15, -0.1) is 11.3 Å². The van der Waals surface area contributed by atoms with Gasteiger partial charge in [0.15, 0.2) is 0 Å². The number of ether oxygens (including phenoxy) is 1. The number of benzene rings is 1. The number of aryl methyl sites for hydroxylation is 1. The number of aromatic nitrogens is 1. The van der Waals surface area contributed by atoms with Crippen LogP contribution >= 0.6 is 11.3 Å². The van der Waals surface area contributed by atoms with Gasteiger partial charge in [-0.05, 0) is 43.5 Å². The van der Waals surface area contributed by atoms with Gasteiger partial charge in [-0.25, -0.2) is 4.98 Å². The Morgan fingerprint density at radius 1 is 1.21 bits per heavy atom. The summed E-state index contributed by atoms with van der Waals surface area (Å²) in [5, 5.41) is 0. The molecule has 128 valence electrons. The van der Waals surface area contributed by atoms with Crippen molar-refractivity contribution in [2.45, 2.75) is 19.5 Å². The van der Waals surface area contributed by atoms with Crippen molar-refractivity contribution < 1.29 is 4.74 Å². The predicted molar refractivity (Wildman–Crippen MR) is 97.5 cm³/mol. The van der Waals surface area contributed by atoms with Crippen LogP contribution in [0.15, 0.2) is 29.8 Å². The molecule has 2 aliphatic rings. The fourth-order valence-corrected chi connectivity index (χ4v) is 5.28. The van der Waals surface area contributed by atoms with Crippen LogP contribution in [0.5, 0.6) is 5.75 Å². The van der Waals surface area contributed by atoms with Crippen LogP contribution in [0.4, 0.5) is 0 Å². The van der Waals surface area contributed by atoms with E-state index in [-0.39, 0.29) is 0 Å². The monoisotopic (exact) mass is 343 g/mol. The molecule has 5 heteroatoms. The highest BCUT2D eigenvalue weighted by molar-refractivity contribution is 7.09. The molecule has 3 heterocycles. The van der Waals surface area contributed by atoms with Crippen molar-refractivity contribution in [1.82, 2.24) is 14.8 Å². The van der Waals surface area contributed by atoms with Crippen molar-refractivity contribution >= 4 is 11.3 Å². The van der Waals surface area contributed by atoms with E-state index < -0.39 is 0 Å². The van der Waals surface area contributed by atoms with Crippen molar-refractivity contribution in [2.75, 3.05) is 33.8 Å². The summed E-state index contributed by atoms with van der Waals surface area (Å²) in [5.74, 6) is 2.43. The van der Waals surface area contributed by atoms with Crippen LogP contribution in [0, 0.1) is 18.8 Å². The van der Waals surface area contributed by atoms with Gasteiger partial charge in [-0.3, -0.25) is 9.80 Å². The first-order chi connectivity index (χ1) is 11.7. The molecule has 0 bridgehead atoms. The first-order valence-corrected chi connectivity index (χ1v) is 9.49. The summed E-state index contributed by atoms with van der Waals surface area (Å²) in [7, 11) is 3.99. The van der Waals surface area contributed by atoms with E-state index in [1.54, 1.807) is 18.4 Å². The largest absolute Gasteiger partial charge is 0.497 e. The van der Waals surface area contributed by atoms with Crippen molar-refractivity contribution in [3.05, 3.63) is 45.9 Å². The average molecular weight is 343 g/mol. The van der Waals surface area contributed by atoms with E-state index >= 15 is 0 Å². The summed E-state index contributed by atoms with van der Waals surface area (Å²) >= 11 is 1.79.